The van der Waals surface area contributed by atoms with E-state index in [2.05, 4.69) is 9.88 Å². The molecule has 3 heterocycles. The fourth-order valence-corrected chi connectivity index (χ4v) is 8.55. The molecule has 0 radical (unpaired) electrons. The lowest BCUT2D eigenvalue weighted by molar-refractivity contribution is 0.0447. The summed E-state index contributed by atoms with van der Waals surface area (Å²) in [6, 6.07) is 7.41. The first kappa shape index (κ1) is 30.7. The molecule has 10 heteroatoms. The van der Waals surface area contributed by atoms with Gasteiger partial charge in [-0.3, -0.25) is 4.90 Å². The fourth-order valence-electron chi connectivity index (χ4n) is 8.55. The van der Waals surface area contributed by atoms with Gasteiger partial charge in [0.2, 0.25) is 0 Å². The molecule has 2 bridgehead atoms. The highest BCUT2D eigenvalue weighted by atomic mass is 19.1. The van der Waals surface area contributed by atoms with E-state index in [1.807, 2.05) is 4.90 Å². The Morgan fingerprint density at radius 1 is 1.04 bits per heavy atom. The zero-order valence-corrected chi connectivity index (χ0v) is 27.0. The number of aromatic hydroxyl groups is 1. The normalized spacial score (nSPS) is 25.3. The minimum atomic E-state index is -0.998. The van der Waals surface area contributed by atoms with Crippen molar-refractivity contribution in [2.45, 2.75) is 76.9 Å². The third kappa shape index (κ3) is 5.47. The van der Waals surface area contributed by atoms with E-state index in [0.29, 0.717) is 54.2 Å². The van der Waals surface area contributed by atoms with Crippen LogP contribution in [0.25, 0.3) is 32.8 Å². The van der Waals surface area contributed by atoms with E-state index < -0.39 is 28.6 Å². The second-order valence-electron chi connectivity index (χ2n) is 14.8. The zero-order valence-electron chi connectivity index (χ0n) is 27.0. The van der Waals surface area contributed by atoms with Gasteiger partial charge in [-0.15, -0.1) is 0 Å². The van der Waals surface area contributed by atoms with Crippen molar-refractivity contribution in [1.82, 2.24) is 14.9 Å². The number of β-amino-alcohol motifs (C(OH)–C–C–N with tert-alkyl or cyclic N) is 1. The Kier molecular flexibility index (Phi) is 7.33. The van der Waals surface area contributed by atoms with Crippen LogP contribution in [0.3, 0.4) is 0 Å². The molecule has 0 amide bonds. The molecule has 0 unspecified atom stereocenters. The zero-order chi connectivity index (χ0) is 32.7. The molecule has 2 saturated carbocycles. The van der Waals surface area contributed by atoms with Crippen molar-refractivity contribution < 1.29 is 28.1 Å². The number of halogens is 3. The van der Waals surface area contributed by atoms with Crippen LogP contribution in [0.1, 0.15) is 64.4 Å². The average molecular weight is 647 g/mol. The first-order valence-corrected chi connectivity index (χ1v) is 17.0. The second kappa shape index (κ2) is 11.2. The Labute approximate surface area is 272 Å². The fraction of sp³-hybridized carbons (Fsp3) is 0.514. The average Bonchev–Trinajstić information content (AvgIpc) is 3.46. The molecule has 7 nitrogen and oxygen atoms in total. The molecular weight excluding hydrogens is 605 g/mol. The van der Waals surface area contributed by atoms with Crippen molar-refractivity contribution in [3.05, 3.63) is 53.3 Å². The number of ether oxygens (including phenoxy) is 1. The number of hydrogen-bond donors (Lipinski definition) is 2. The van der Waals surface area contributed by atoms with Gasteiger partial charge in [-0.05, 0) is 110 Å². The van der Waals surface area contributed by atoms with Crippen molar-refractivity contribution >= 4 is 27.5 Å². The summed E-state index contributed by atoms with van der Waals surface area (Å²) in [5.74, 6) is -1.39. The standard InChI is InChI=1S/C37H41F3N4O3/c1-3-25-28(38)8-6-22-14-24(45)15-26(30(22)25)31-29(39)16-27-33(32(31)40)41-35(42-34(27)43-12-4-9-36(2,46)18-43)47-20-37(10-11-37)19-44-17-21-5-7-23(44)13-21/h6,8,14-16,21,23,45-46H,3-5,7,9-13,17-20H2,1-2H3/t21-,23+,36-/m1/s1. The van der Waals surface area contributed by atoms with E-state index in [1.165, 1.54) is 49.6 Å². The van der Waals surface area contributed by atoms with E-state index in [0.717, 1.165) is 31.8 Å². The van der Waals surface area contributed by atoms with E-state index in [-0.39, 0.29) is 46.6 Å². The number of nitrogens with zero attached hydrogens (tertiary/aromatic N) is 4. The lowest BCUT2D eigenvalue weighted by atomic mass is 9.91. The van der Waals surface area contributed by atoms with Gasteiger partial charge >= 0.3 is 6.01 Å². The van der Waals surface area contributed by atoms with Crippen LogP contribution in [0.5, 0.6) is 11.8 Å². The molecular formula is C37H41F3N4O3. The second-order valence-corrected chi connectivity index (χ2v) is 14.8. The molecule has 0 spiro atoms. The molecule has 3 aromatic carbocycles. The highest BCUT2D eigenvalue weighted by molar-refractivity contribution is 6.03. The molecule has 4 aromatic rings. The lowest BCUT2D eigenvalue weighted by Gasteiger charge is -2.38. The molecule has 248 valence electrons. The quantitative estimate of drug-likeness (QED) is 0.211. The number of aliphatic hydroxyl groups is 1. The number of likely N-dealkylation sites (tertiary alicyclic amines) is 1. The van der Waals surface area contributed by atoms with Gasteiger partial charge in [0.1, 0.15) is 28.7 Å². The van der Waals surface area contributed by atoms with Crippen LogP contribution in [0.4, 0.5) is 19.0 Å². The van der Waals surface area contributed by atoms with Crippen molar-refractivity contribution in [3.8, 4) is 22.9 Å². The van der Waals surface area contributed by atoms with Crippen molar-refractivity contribution in [2.24, 2.45) is 11.3 Å². The number of phenols is 1. The Morgan fingerprint density at radius 2 is 1.87 bits per heavy atom. The van der Waals surface area contributed by atoms with Gasteiger partial charge in [0.25, 0.3) is 0 Å². The van der Waals surface area contributed by atoms with Gasteiger partial charge < -0.3 is 19.8 Å². The predicted molar refractivity (Wildman–Crippen MR) is 175 cm³/mol. The summed E-state index contributed by atoms with van der Waals surface area (Å²) in [7, 11) is 0. The number of phenolic OH excluding ortho intramolecular Hbond substituents is 1. The minimum absolute atomic E-state index is 0.00412. The number of piperidine rings is 2. The van der Waals surface area contributed by atoms with Crippen LogP contribution < -0.4 is 9.64 Å². The Hall–Kier alpha value is -3.63. The van der Waals surface area contributed by atoms with E-state index in [1.54, 1.807) is 13.8 Å². The number of hydrogen-bond acceptors (Lipinski definition) is 7. The van der Waals surface area contributed by atoms with Crippen LogP contribution in [0.15, 0.2) is 30.3 Å². The number of aromatic nitrogens is 2. The van der Waals surface area contributed by atoms with Gasteiger partial charge in [0, 0.05) is 43.0 Å². The molecule has 4 fully saturated rings. The van der Waals surface area contributed by atoms with Crippen LogP contribution in [0, 0.1) is 28.8 Å². The monoisotopic (exact) mass is 646 g/mol. The number of aryl methyl sites for hydroxylation is 1. The molecule has 47 heavy (non-hydrogen) atoms. The van der Waals surface area contributed by atoms with Crippen LogP contribution in [0.2, 0.25) is 0 Å². The molecule has 2 N–H and O–H groups in total. The van der Waals surface area contributed by atoms with Crippen molar-refractivity contribution in [3.63, 3.8) is 0 Å². The number of fused-ring (bicyclic) bond motifs is 4. The lowest BCUT2D eigenvalue weighted by Crippen LogP contribution is -2.46. The van der Waals surface area contributed by atoms with Gasteiger partial charge in [0.05, 0.1) is 17.8 Å². The van der Waals surface area contributed by atoms with E-state index in [9.17, 15) is 14.6 Å². The topological polar surface area (TPSA) is 82.0 Å². The van der Waals surface area contributed by atoms with Crippen LogP contribution in [-0.4, -0.2) is 69.5 Å². The van der Waals surface area contributed by atoms with Crippen molar-refractivity contribution in [2.75, 3.05) is 37.7 Å². The molecule has 3 atom stereocenters. The van der Waals surface area contributed by atoms with Crippen molar-refractivity contribution in [1.29, 1.82) is 0 Å². The van der Waals surface area contributed by atoms with Gasteiger partial charge in [-0.1, -0.05) is 13.0 Å². The molecule has 1 aromatic heterocycles. The van der Waals surface area contributed by atoms with Gasteiger partial charge in [-0.2, -0.15) is 9.97 Å². The summed E-state index contributed by atoms with van der Waals surface area (Å²) in [5, 5.41) is 22.5. The predicted octanol–water partition coefficient (Wildman–Crippen LogP) is 7.13. The first-order valence-electron chi connectivity index (χ1n) is 17.0. The molecule has 2 aliphatic heterocycles. The van der Waals surface area contributed by atoms with Gasteiger partial charge in [-0.25, -0.2) is 13.2 Å². The summed E-state index contributed by atoms with van der Waals surface area (Å²) in [6.07, 6.45) is 7.52. The minimum Gasteiger partial charge on any atom is -0.508 e. The maximum absolute atomic E-state index is 16.9. The molecule has 4 aliphatic rings. The maximum atomic E-state index is 16.9. The molecule has 2 aliphatic carbocycles. The van der Waals surface area contributed by atoms with E-state index in [4.69, 9.17) is 9.72 Å². The number of rotatable bonds is 8. The Morgan fingerprint density at radius 3 is 2.57 bits per heavy atom. The smallest absolute Gasteiger partial charge is 0.319 e. The Balaban J connectivity index is 1.23. The third-order valence-corrected chi connectivity index (χ3v) is 11.1. The summed E-state index contributed by atoms with van der Waals surface area (Å²) < 4.78 is 54.4. The summed E-state index contributed by atoms with van der Waals surface area (Å²) >= 11 is 0. The molecule has 2 saturated heterocycles. The summed E-state index contributed by atoms with van der Waals surface area (Å²) in [5.41, 5.74) is -1.16. The molecule has 8 rings (SSSR count). The largest absolute Gasteiger partial charge is 0.508 e. The first-order chi connectivity index (χ1) is 22.5. The summed E-state index contributed by atoms with van der Waals surface area (Å²) in [6.45, 7) is 6.82. The number of anilines is 1. The van der Waals surface area contributed by atoms with Crippen LogP contribution in [-0.2, 0) is 6.42 Å². The maximum Gasteiger partial charge on any atom is 0.319 e. The Bertz CT molecular complexity index is 1900. The SMILES string of the molecule is CCc1c(F)ccc2cc(O)cc(-c3c(F)cc4c(N5CCC[C@@](C)(O)C5)nc(OCC5(CN6C[C@@H]7CC[C@H]6C7)CC5)nc4c3F)c12. The highest BCUT2D eigenvalue weighted by Crippen LogP contribution is 2.50. The summed E-state index contributed by atoms with van der Waals surface area (Å²) in [4.78, 5) is 13.7. The number of benzene rings is 3. The highest BCUT2D eigenvalue weighted by Gasteiger charge is 2.49. The van der Waals surface area contributed by atoms with Crippen LogP contribution >= 0.6 is 0 Å². The van der Waals surface area contributed by atoms with Gasteiger partial charge in [0.15, 0.2) is 5.82 Å². The van der Waals surface area contributed by atoms with E-state index >= 15 is 8.78 Å². The third-order valence-electron chi connectivity index (χ3n) is 11.1.